The van der Waals surface area contributed by atoms with Crippen molar-refractivity contribution in [1.29, 1.82) is 0 Å². The highest BCUT2D eigenvalue weighted by atomic mass is 16.5. The lowest BCUT2D eigenvalue weighted by Gasteiger charge is -2.19. The van der Waals surface area contributed by atoms with Crippen molar-refractivity contribution in [3.8, 4) is 11.5 Å². The Morgan fingerprint density at radius 1 is 0.903 bits per heavy atom. The highest BCUT2D eigenvalue weighted by Gasteiger charge is 2.14. The van der Waals surface area contributed by atoms with E-state index in [9.17, 15) is 9.59 Å². The number of carbonyl (C=O) groups excluding carboxylic acids is 2. The summed E-state index contributed by atoms with van der Waals surface area (Å²) in [7, 11) is 3.34. The fraction of sp³-hybridized carbons (Fsp3) is 0.200. The SMILES string of the molecule is COc1cc(CN(C)C(=O)c2ccc(NC(C)=O)cc2)ccc1OCc1ccccc1. The van der Waals surface area contributed by atoms with Crippen LogP contribution in [0.15, 0.2) is 72.8 Å². The molecule has 0 aliphatic rings. The summed E-state index contributed by atoms with van der Waals surface area (Å²) in [5.41, 5.74) is 3.20. The first-order valence-corrected chi connectivity index (χ1v) is 9.93. The van der Waals surface area contributed by atoms with Crippen molar-refractivity contribution in [1.82, 2.24) is 4.90 Å². The molecule has 31 heavy (non-hydrogen) atoms. The van der Waals surface area contributed by atoms with Gasteiger partial charge in [0.05, 0.1) is 7.11 Å². The van der Waals surface area contributed by atoms with Crippen LogP contribution in [0.1, 0.15) is 28.4 Å². The molecule has 2 amide bonds. The summed E-state index contributed by atoms with van der Waals surface area (Å²) in [6, 6.07) is 22.4. The number of amides is 2. The Balaban J connectivity index is 1.64. The molecule has 6 nitrogen and oxygen atoms in total. The molecule has 0 bridgehead atoms. The molecule has 0 spiro atoms. The van der Waals surface area contributed by atoms with Gasteiger partial charge in [0.25, 0.3) is 5.91 Å². The van der Waals surface area contributed by atoms with Crippen LogP contribution in [0.4, 0.5) is 5.69 Å². The van der Waals surface area contributed by atoms with Gasteiger partial charge in [0.1, 0.15) is 6.61 Å². The number of nitrogens with zero attached hydrogens (tertiary/aromatic N) is 1. The van der Waals surface area contributed by atoms with Crippen molar-refractivity contribution in [2.75, 3.05) is 19.5 Å². The van der Waals surface area contributed by atoms with Crippen molar-refractivity contribution >= 4 is 17.5 Å². The normalized spacial score (nSPS) is 10.3. The molecule has 160 valence electrons. The molecule has 0 aliphatic heterocycles. The Bertz CT molecular complexity index is 1030. The standard InChI is InChI=1S/C25H26N2O4/c1-18(28)26-22-12-10-21(11-13-22)25(29)27(2)16-20-9-14-23(24(15-20)30-3)31-17-19-7-5-4-6-8-19/h4-15H,16-17H2,1-3H3,(H,26,28). The predicted octanol–water partition coefficient (Wildman–Crippen LogP) is 4.50. The van der Waals surface area contributed by atoms with Crippen LogP contribution >= 0.6 is 0 Å². The van der Waals surface area contributed by atoms with Gasteiger partial charge in [-0.15, -0.1) is 0 Å². The Hall–Kier alpha value is -3.80. The zero-order chi connectivity index (χ0) is 22.2. The van der Waals surface area contributed by atoms with Gasteiger partial charge in [-0.1, -0.05) is 36.4 Å². The number of hydrogen-bond donors (Lipinski definition) is 1. The fourth-order valence-electron chi connectivity index (χ4n) is 3.13. The number of nitrogens with one attached hydrogen (secondary N) is 1. The number of benzene rings is 3. The maximum absolute atomic E-state index is 12.7. The Labute approximate surface area is 182 Å². The predicted molar refractivity (Wildman–Crippen MR) is 120 cm³/mol. The van der Waals surface area contributed by atoms with Gasteiger partial charge in [-0.2, -0.15) is 0 Å². The molecule has 0 fully saturated rings. The summed E-state index contributed by atoms with van der Waals surface area (Å²) in [6.07, 6.45) is 0. The van der Waals surface area contributed by atoms with E-state index >= 15 is 0 Å². The summed E-state index contributed by atoms with van der Waals surface area (Å²) >= 11 is 0. The van der Waals surface area contributed by atoms with E-state index in [1.165, 1.54) is 6.92 Å². The zero-order valence-electron chi connectivity index (χ0n) is 17.9. The molecule has 3 aromatic rings. The van der Waals surface area contributed by atoms with Gasteiger partial charge >= 0.3 is 0 Å². The molecule has 6 heteroatoms. The highest BCUT2D eigenvalue weighted by molar-refractivity contribution is 5.95. The van der Waals surface area contributed by atoms with E-state index in [2.05, 4.69) is 5.32 Å². The lowest BCUT2D eigenvalue weighted by molar-refractivity contribution is -0.114. The maximum atomic E-state index is 12.7. The van der Waals surface area contributed by atoms with Gasteiger partial charge in [0.2, 0.25) is 5.91 Å². The minimum atomic E-state index is -0.152. The van der Waals surface area contributed by atoms with Crippen molar-refractivity contribution in [3.05, 3.63) is 89.5 Å². The van der Waals surface area contributed by atoms with Crippen LogP contribution in [0.3, 0.4) is 0 Å². The molecule has 0 aliphatic carbocycles. The van der Waals surface area contributed by atoms with E-state index in [1.807, 2.05) is 48.5 Å². The number of rotatable bonds is 8. The lowest BCUT2D eigenvalue weighted by atomic mass is 10.1. The first-order valence-electron chi connectivity index (χ1n) is 9.93. The number of ether oxygens (including phenoxy) is 2. The second-order valence-electron chi connectivity index (χ2n) is 7.18. The quantitative estimate of drug-likeness (QED) is 0.585. The molecule has 1 N–H and O–H groups in total. The van der Waals surface area contributed by atoms with Gasteiger partial charge in [-0.3, -0.25) is 9.59 Å². The van der Waals surface area contributed by atoms with Crippen LogP contribution in [0.25, 0.3) is 0 Å². The molecule has 0 saturated carbocycles. The van der Waals surface area contributed by atoms with Crippen LogP contribution in [0.5, 0.6) is 11.5 Å². The molecule has 3 aromatic carbocycles. The van der Waals surface area contributed by atoms with Crippen LogP contribution in [0, 0.1) is 0 Å². The van der Waals surface area contributed by atoms with Gasteiger partial charge in [-0.25, -0.2) is 0 Å². The van der Waals surface area contributed by atoms with E-state index in [0.717, 1.165) is 11.1 Å². The van der Waals surface area contributed by atoms with Gasteiger partial charge in [-0.05, 0) is 47.5 Å². The number of hydrogen-bond acceptors (Lipinski definition) is 4. The Morgan fingerprint density at radius 3 is 2.26 bits per heavy atom. The number of methoxy groups -OCH3 is 1. The molecule has 0 aromatic heterocycles. The molecule has 0 radical (unpaired) electrons. The van der Waals surface area contributed by atoms with E-state index in [0.29, 0.717) is 35.9 Å². The van der Waals surface area contributed by atoms with Crippen LogP contribution in [-0.2, 0) is 17.9 Å². The van der Waals surface area contributed by atoms with Gasteiger partial charge < -0.3 is 19.7 Å². The smallest absolute Gasteiger partial charge is 0.253 e. The second kappa shape index (κ2) is 10.3. The lowest BCUT2D eigenvalue weighted by Crippen LogP contribution is -2.26. The van der Waals surface area contributed by atoms with E-state index in [-0.39, 0.29) is 11.8 Å². The molecule has 0 unspecified atom stereocenters. The monoisotopic (exact) mass is 418 g/mol. The summed E-state index contributed by atoms with van der Waals surface area (Å²) in [4.78, 5) is 25.5. The first kappa shape index (κ1) is 21.9. The minimum absolute atomic E-state index is 0.113. The summed E-state index contributed by atoms with van der Waals surface area (Å²) in [5, 5.41) is 2.69. The van der Waals surface area contributed by atoms with Crippen LogP contribution in [0.2, 0.25) is 0 Å². The topological polar surface area (TPSA) is 67.9 Å². The van der Waals surface area contributed by atoms with Crippen molar-refractivity contribution in [2.45, 2.75) is 20.1 Å². The van der Waals surface area contributed by atoms with Gasteiger partial charge in [0, 0.05) is 31.8 Å². The van der Waals surface area contributed by atoms with Crippen LogP contribution < -0.4 is 14.8 Å². The molecule has 0 atom stereocenters. The third-order valence-corrected chi connectivity index (χ3v) is 4.68. The summed E-state index contributed by atoms with van der Waals surface area (Å²) in [5.74, 6) is 1.01. The van der Waals surface area contributed by atoms with Crippen molar-refractivity contribution in [2.24, 2.45) is 0 Å². The summed E-state index contributed by atoms with van der Waals surface area (Å²) in [6.45, 7) is 2.31. The number of anilines is 1. The molecule has 3 rings (SSSR count). The number of carbonyl (C=O) groups is 2. The average Bonchev–Trinajstić information content (AvgIpc) is 2.78. The third-order valence-electron chi connectivity index (χ3n) is 4.68. The average molecular weight is 418 g/mol. The second-order valence-corrected chi connectivity index (χ2v) is 7.18. The Morgan fingerprint density at radius 2 is 1.61 bits per heavy atom. The highest BCUT2D eigenvalue weighted by Crippen LogP contribution is 2.29. The minimum Gasteiger partial charge on any atom is -0.493 e. The molecule has 0 heterocycles. The molecular weight excluding hydrogens is 392 g/mol. The van der Waals surface area contributed by atoms with Crippen LogP contribution in [-0.4, -0.2) is 30.9 Å². The Kier molecular flexibility index (Phi) is 7.27. The van der Waals surface area contributed by atoms with E-state index in [4.69, 9.17) is 9.47 Å². The molecular formula is C25H26N2O4. The first-order chi connectivity index (χ1) is 15.0. The maximum Gasteiger partial charge on any atom is 0.253 e. The zero-order valence-corrected chi connectivity index (χ0v) is 17.9. The fourth-order valence-corrected chi connectivity index (χ4v) is 3.13. The largest absolute Gasteiger partial charge is 0.493 e. The van der Waals surface area contributed by atoms with E-state index in [1.54, 1.807) is 43.3 Å². The summed E-state index contributed by atoms with van der Waals surface area (Å²) < 4.78 is 11.4. The van der Waals surface area contributed by atoms with Gasteiger partial charge in [0.15, 0.2) is 11.5 Å². The van der Waals surface area contributed by atoms with E-state index < -0.39 is 0 Å². The van der Waals surface area contributed by atoms with Crippen molar-refractivity contribution in [3.63, 3.8) is 0 Å². The third kappa shape index (κ3) is 6.09. The van der Waals surface area contributed by atoms with Crippen molar-refractivity contribution < 1.29 is 19.1 Å². The molecule has 0 saturated heterocycles.